The average Bonchev–Trinajstić information content (AvgIpc) is 1.90. The van der Waals surface area contributed by atoms with Crippen molar-refractivity contribution < 1.29 is 5.11 Å². The molecule has 1 atom stereocenters. The van der Waals surface area contributed by atoms with Crippen LogP contribution in [0.15, 0.2) is 12.2 Å². The van der Waals surface area contributed by atoms with Crippen LogP contribution in [0.25, 0.3) is 0 Å². The van der Waals surface area contributed by atoms with E-state index in [0.29, 0.717) is 12.5 Å². The van der Waals surface area contributed by atoms with Crippen LogP contribution in [0.5, 0.6) is 0 Å². The minimum atomic E-state index is 0.309. The van der Waals surface area contributed by atoms with Gasteiger partial charge in [0.1, 0.15) is 0 Å². The molecule has 0 aromatic heterocycles. The molecule has 8 heavy (non-hydrogen) atoms. The summed E-state index contributed by atoms with van der Waals surface area (Å²) in [6, 6.07) is 0. The van der Waals surface area contributed by atoms with Crippen molar-refractivity contribution in [2.45, 2.75) is 0 Å². The van der Waals surface area contributed by atoms with E-state index < -0.39 is 0 Å². The van der Waals surface area contributed by atoms with Gasteiger partial charge in [-0.3, -0.25) is 0 Å². The van der Waals surface area contributed by atoms with Crippen LogP contribution in [0.3, 0.4) is 0 Å². The van der Waals surface area contributed by atoms with E-state index in [1.807, 2.05) is 11.8 Å². The van der Waals surface area contributed by atoms with Crippen molar-refractivity contribution in [3.63, 3.8) is 0 Å². The Morgan fingerprint density at radius 3 is 3.00 bits per heavy atom. The van der Waals surface area contributed by atoms with E-state index in [-0.39, 0.29) is 0 Å². The maximum Gasteiger partial charge on any atom is 0.0501 e. The highest BCUT2D eigenvalue weighted by Crippen LogP contribution is 2.14. The summed E-state index contributed by atoms with van der Waals surface area (Å²) in [4.78, 5) is 0. The fraction of sp³-hybridized carbons (Fsp3) is 0.667. The third kappa shape index (κ3) is 1.53. The Bertz CT molecular complexity index is 90.5. The van der Waals surface area contributed by atoms with Crippen molar-refractivity contribution in [1.82, 2.24) is 0 Å². The Morgan fingerprint density at radius 2 is 2.62 bits per heavy atom. The van der Waals surface area contributed by atoms with Crippen LogP contribution >= 0.6 is 11.8 Å². The summed E-state index contributed by atoms with van der Waals surface area (Å²) in [6.07, 6.45) is 4.21. The number of rotatable bonds is 1. The maximum absolute atomic E-state index is 8.63. The van der Waals surface area contributed by atoms with Crippen LogP contribution in [0, 0.1) is 5.92 Å². The normalized spacial score (nSPS) is 28.4. The Morgan fingerprint density at radius 1 is 1.75 bits per heavy atom. The summed E-state index contributed by atoms with van der Waals surface area (Å²) in [5.74, 6) is 2.64. The molecule has 1 rings (SSSR count). The first-order chi connectivity index (χ1) is 3.93. The quantitative estimate of drug-likeness (QED) is 0.532. The summed E-state index contributed by atoms with van der Waals surface area (Å²) in [5, 5.41) is 8.63. The second-order valence-electron chi connectivity index (χ2n) is 1.91. The SMILES string of the molecule is OCC1C=CCSC1. The van der Waals surface area contributed by atoms with Gasteiger partial charge in [0.05, 0.1) is 6.61 Å². The summed E-state index contributed by atoms with van der Waals surface area (Å²) in [7, 11) is 0. The smallest absolute Gasteiger partial charge is 0.0501 e. The molecule has 0 amide bonds. The molecule has 0 aromatic carbocycles. The molecule has 1 heterocycles. The molecule has 1 unspecified atom stereocenters. The lowest BCUT2D eigenvalue weighted by molar-refractivity contribution is 0.263. The summed E-state index contributed by atoms with van der Waals surface area (Å²) in [6.45, 7) is 0.309. The van der Waals surface area contributed by atoms with Crippen molar-refractivity contribution >= 4 is 11.8 Å². The average molecular weight is 130 g/mol. The highest BCUT2D eigenvalue weighted by atomic mass is 32.2. The lowest BCUT2D eigenvalue weighted by Gasteiger charge is -2.11. The summed E-state index contributed by atoms with van der Waals surface area (Å²) >= 11 is 1.88. The molecule has 2 heteroatoms. The van der Waals surface area contributed by atoms with Crippen molar-refractivity contribution in [3.05, 3.63) is 12.2 Å². The molecule has 0 fully saturated rings. The topological polar surface area (TPSA) is 20.2 Å². The fourth-order valence-electron chi connectivity index (χ4n) is 0.705. The molecule has 1 nitrogen and oxygen atoms in total. The van der Waals surface area contributed by atoms with Gasteiger partial charge in [0.25, 0.3) is 0 Å². The largest absolute Gasteiger partial charge is 0.396 e. The van der Waals surface area contributed by atoms with Gasteiger partial charge >= 0.3 is 0 Å². The maximum atomic E-state index is 8.63. The molecule has 0 saturated carbocycles. The molecular formula is C6H10OS. The Hall–Kier alpha value is 0.0500. The van der Waals surface area contributed by atoms with Gasteiger partial charge in [-0.2, -0.15) is 11.8 Å². The number of hydrogen-bond donors (Lipinski definition) is 1. The molecule has 0 bridgehead atoms. The van der Waals surface area contributed by atoms with E-state index in [4.69, 9.17) is 5.11 Å². The first-order valence-corrected chi connectivity index (χ1v) is 3.94. The highest BCUT2D eigenvalue weighted by Gasteiger charge is 2.04. The summed E-state index contributed by atoms with van der Waals surface area (Å²) in [5.41, 5.74) is 0. The van der Waals surface area contributed by atoms with Crippen molar-refractivity contribution in [3.8, 4) is 0 Å². The number of hydrogen-bond acceptors (Lipinski definition) is 2. The first kappa shape index (κ1) is 6.17. The van der Waals surface area contributed by atoms with Gasteiger partial charge in [0.15, 0.2) is 0 Å². The second kappa shape index (κ2) is 3.15. The number of aliphatic hydroxyl groups excluding tert-OH is 1. The van der Waals surface area contributed by atoms with Crippen molar-refractivity contribution in [2.75, 3.05) is 18.1 Å². The molecule has 1 aliphatic heterocycles. The van der Waals surface area contributed by atoms with Gasteiger partial charge in [-0.05, 0) is 0 Å². The van der Waals surface area contributed by atoms with Crippen LogP contribution in [-0.4, -0.2) is 23.2 Å². The molecule has 46 valence electrons. The van der Waals surface area contributed by atoms with Crippen molar-refractivity contribution in [1.29, 1.82) is 0 Å². The molecule has 0 aliphatic carbocycles. The van der Waals surface area contributed by atoms with Gasteiger partial charge in [-0.15, -0.1) is 0 Å². The molecule has 0 aromatic rings. The first-order valence-electron chi connectivity index (χ1n) is 2.78. The molecular weight excluding hydrogens is 120 g/mol. The Labute approximate surface area is 53.8 Å². The van der Waals surface area contributed by atoms with Crippen molar-refractivity contribution in [2.24, 2.45) is 5.92 Å². The van der Waals surface area contributed by atoms with Crippen LogP contribution in [-0.2, 0) is 0 Å². The van der Waals surface area contributed by atoms with Gasteiger partial charge in [-0.25, -0.2) is 0 Å². The minimum Gasteiger partial charge on any atom is -0.396 e. The lowest BCUT2D eigenvalue weighted by Crippen LogP contribution is -2.08. The van der Waals surface area contributed by atoms with E-state index in [0.717, 1.165) is 11.5 Å². The Kier molecular flexibility index (Phi) is 2.43. The monoisotopic (exact) mass is 130 g/mol. The molecule has 0 radical (unpaired) electrons. The van der Waals surface area contributed by atoms with Crippen LogP contribution in [0.1, 0.15) is 0 Å². The second-order valence-corrected chi connectivity index (χ2v) is 2.98. The molecule has 1 aliphatic rings. The van der Waals surface area contributed by atoms with E-state index in [9.17, 15) is 0 Å². The zero-order valence-electron chi connectivity index (χ0n) is 4.71. The zero-order valence-corrected chi connectivity index (χ0v) is 5.53. The van der Waals surface area contributed by atoms with Gasteiger partial charge < -0.3 is 5.11 Å². The lowest BCUT2D eigenvalue weighted by atomic mass is 10.2. The van der Waals surface area contributed by atoms with Gasteiger partial charge in [0.2, 0.25) is 0 Å². The van der Waals surface area contributed by atoms with Crippen LogP contribution < -0.4 is 0 Å². The van der Waals surface area contributed by atoms with Gasteiger partial charge in [-0.1, -0.05) is 12.2 Å². The molecule has 1 N–H and O–H groups in total. The summed E-state index contributed by atoms with van der Waals surface area (Å²) < 4.78 is 0. The third-order valence-electron chi connectivity index (χ3n) is 1.19. The number of thioether (sulfide) groups is 1. The number of aliphatic hydroxyl groups is 1. The van der Waals surface area contributed by atoms with Crippen LogP contribution in [0.2, 0.25) is 0 Å². The Balaban J connectivity index is 2.32. The molecule has 0 saturated heterocycles. The van der Waals surface area contributed by atoms with E-state index in [1.165, 1.54) is 0 Å². The minimum absolute atomic E-state index is 0.309. The van der Waals surface area contributed by atoms with Crippen LogP contribution in [0.4, 0.5) is 0 Å². The predicted molar refractivity (Wildman–Crippen MR) is 37.0 cm³/mol. The molecule has 0 spiro atoms. The zero-order chi connectivity index (χ0) is 5.82. The van der Waals surface area contributed by atoms with E-state index >= 15 is 0 Å². The third-order valence-corrected chi connectivity index (χ3v) is 2.28. The van der Waals surface area contributed by atoms with Gasteiger partial charge in [0, 0.05) is 17.4 Å². The van der Waals surface area contributed by atoms with E-state index in [1.54, 1.807) is 0 Å². The predicted octanol–water partition coefficient (Wildman–Crippen LogP) is 0.898. The fourth-order valence-corrected chi connectivity index (χ4v) is 1.61. The highest BCUT2D eigenvalue weighted by molar-refractivity contribution is 7.99. The standard InChI is InChI=1S/C6H10OS/c7-4-6-2-1-3-8-5-6/h1-2,6-7H,3-5H2. The van der Waals surface area contributed by atoms with E-state index in [2.05, 4.69) is 12.2 Å².